The Hall–Kier alpha value is -2.05. The number of anilines is 1. The summed E-state index contributed by atoms with van der Waals surface area (Å²) in [5.41, 5.74) is 3.56. The number of carbonyl (C=O) groups excluding carboxylic acids is 1. The van der Waals surface area contributed by atoms with Crippen molar-refractivity contribution in [3.8, 4) is 0 Å². The van der Waals surface area contributed by atoms with Gasteiger partial charge in [0.25, 0.3) is 0 Å². The van der Waals surface area contributed by atoms with Gasteiger partial charge in [-0.2, -0.15) is 0 Å². The van der Waals surface area contributed by atoms with Crippen LogP contribution in [0.5, 0.6) is 0 Å². The number of aryl methyl sites for hydroxylation is 2. The van der Waals surface area contributed by atoms with E-state index in [1.54, 1.807) is 18.2 Å². The Kier molecular flexibility index (Phi) is 7.49. The summed E-state index contributed by atoms with van der Waals surface area (Å²) in [6.45, 7) is 6.00. The fourth-order valence-electron chi connectivity index (χ4n) is 2.95. The van der Waals surface area contributed by atoms with Gasteiger partial charge in [-0.05, 0) is 50.5 Å². The highest BCUT2D eigenvalue weighted by Crippen LogP contribution is 2.26. The summed E-state index contributed by atoms with van der Waals surface area (Å²) in [4.78, 5) is 12.3. The lowest BCUT2D eigenvalue weighted by atomic mass is 10.1. The van der Waals surface area contributed by atoms with Crippen LogP contribution >= 0.6 is 11.6 Å². The van der Waals surface area contributed by atoms with Gasteiger partial charge >= 0.3 is 0 Å². The van der Waals surface area contributed by atoms with Crippen LogP contribution in [-0.2, 0) is 14.8 Å². The number of amides is 1. The van der Waals surface area contributed by atoms with Gasteiger partial charge in [0.05, 0.1) is 18.0 Å². The van der Waals surface area contributed by atoms with Crippen molar-refractivity contribution in [2.45, 2.75) is 39.7 Å². The van der Waals surface area contributed by atoms with Gasteiger partial charge in [-0.25, -0.2) is 8.42 Å². The molecular weight excluding hydrogens is 396 g/mol. The Balaban J connectivity index is 1.97. The van der Waals surface area contributed by atoms with Crippen molar-refractivity contribution in [1.82, 2.24) is 5.32 Å². The molecule has 2 aromatic rings. The second-order valence-electron chi connectivity index (χ2n) is 7.07. The first-order valence-corrected chi connectivity index (χ1v) is 11.4. The number of hydrogen-bond donors (Lipinski definition) is 1. The lowest BCUT2D eigenvalue weighted by molar-refractivity contribution is -0.121. The first-order chi connectivity index (χ1) is 13.1. The van der Waals surface area contributed by atoms with E-state index in [0.717, 1.165) is 17.4 Å². The van der Waals surface area contributed by atoms with Gasteiger partial charge < -0.3 is 5.32 Å². The predicted molar refractivity (Wildman–Crippen MR) is 115 cm³/mol. The molecule has 0 aliphatic rings. The largest absolute Gasteiger partial charge is 0.350 e. The van der Waals surface area contributed by atoms with Crippen molar-refractivity contribution in [1.29, 1.82) is 0 Å². The third kappa shape index (κ3) is 6.24. The highest BCUT2D eigenvalue weighted by Gasteiger charge is 2.20. The molecule has 0 saturated heterocycles. The zero-order valence-corrected chi connectivity index (χ0v) is 18.3. The van der Waals surface area contributed by atoms with Crippen LogP contribution in [0.15, 0.2) is 42.5 Å². The minimum absolute atomic E-state index is 0.103. The molecule has 1 amide bonds. The molecule has 0 saturated carbocycles. The van der Waals surface area contributed by atoms with E-state index in [1.165, 1.54) is 9.87 Å². The van der Waals surface area contributed by atoms with Crippen molar-refractivity contribution in [3.05, 3.63) is 64.2 Å². The molecule has 0 aliphatic carbocycles. The number of rotatable bonds is 8. The molecule has 0 bridgehead atoms. The van der Waals surface area contributed by atoms with E-state index in [0.29, 0.717) is 17.1 Å². The monoisotopic (exact) mass is 422 g/mol. The molecule has 7 heteroatoms. The average Bonchev–Trinajstić information content (AvgIpc) is 2.60. The van der Waals surface area contributed by atoms with E-state index in [-0.39, 0.29) is 24.9 Å². The van der Waals surface area contributed by atoms with E-state index in [1.807, 2.05) is 45.0 Å². The van der Waals surface area contributed by atoms with Crippen LogP contribution in [0, 0.1) is 13.8 Å². The molecule has 0 aliphatic heterocycles. The Bertz CT molecular complexity index is 927. The molecule has 0 fully saturated rings. The second-order valence-corrected chi connectivity index (χ2v) is 9.41. The molecular formula is C21H27ClN2O3S. The summed E-state index contributed by atoms with van der Waals surface area (Å²) in [7, 11) is -3.48. The minimum Gasteiger partial charge on any atom is -0.350 e. The smallest absolute Gasteiger partial charge is 0.232 e. The third-order valence-corrected chi connectivity index (χ3v) is 5.98. The van der Waals surface area contributed by atoms with Crippen LogP contribution in [0.1, 0.15) is 42.5 Å². The molecule has 0 radical (unpaired) electrons. The Morgan fingerprint density at radius 1 is 1.14 bits per heavy atom. The molecule has 0 spiro atoms. The maximum Gasteiger partial charge on any atom is 0.232 e. The molecule has 0 unspecified atom stereocenters. The lowest BCUT2D eigenvalue weighted by Crippen LogP contribution is -2.33. The number of nitrogens with one attached hydrogen (secondary N) is 1. The number of benzene rings is 2. The molecule has 152 valence electrons. The summed E-state index contributed by atoms with van der Waals surface area (Å²) in [6.07, 6.45) is 1.81. The van der Waals surface area contributed by atoms with E-state index in [2.05, 4.69) is 5.32 Å². The van der Waals surface area contributed by atoms with Crippen LogP contribution in [-0.4, -0.2) is 27.1 Å². The van der Waals surface area contributed by atoms with Crippen LogP contribution in [0.2, 0.25) is 5.02 Å². The van der Waals surface area contributed by atoms with E-state index < -0.39 is 10.0 Å². The molecule has 5 nitrogen and oxygen atoms in total. The zero-order valence-electron chi connectivity index (χ0n) is 16.7. The van der Waals surface area contributed by atoms with Crippen LogP contribution < -0.4 is 9.62 Å². The lowest BCUT2D eigenvalue weighted by Gasteiger charge is -2.24. The van der Waals surface area contributed by atoms with Crippen molar-refractivity contribution >= 4 is 33.2 Å². The van der Waals surface area contributed by atoms with E-state index in [4.69, 9.17) is 11.6 Å². The molecule has 2 aromatic carbocycles. The first kappa shape index (κ1) is 22.2. The first-order valence-electron chi connectivity index (χ1n) is 9.17. The molecule has 1 N–H and O–H groups in total. The normalized spacial score (nSPS) is 12.5. The standard InChI is InChI=1S/C21H27ClN2O3S/c1-15-7-10-18(11-8-15)17(3)23-21(25)6-5-13-24(28(4,26)27)20-14-19(22)12-9-16(20)2/h7-12,14,17H,5-6,13H2,1-4H3,(H,23,25)/t17-/m1/s1. The van der Waals surface area contributed by atoms with Gasteiger partial charge in [-0.1, -0.05) is 47.5 Å². The van der Waals surface area contributed by atoms with Crippen molar-refractivity contribution < 1.29 is 13.2 Å². The van der Waals surface area contributed by atoms with Gasteiger partial charge in [0.1, 0.15) is 0 Å². The Morgan fingerprint density at radius 3 is 2.39 bits per heavy atom. The van der Waals surface area contributed by atoms with Crippen molar-refractivity contribution in [2.24, 2.45) is 0 Å². The average molecular weight is 423 g/mol. The Morgan fingerprint density at radius 2 is 1.79 bits per heavy atom. The van der Waals surface area contributed by atoms with Crippen molar-refractivity contribution in [3.63, 3.8) is 0 Å². The van der Waals surface area contributed by atoms with Gasteiger partial charge in [-0.15, -0.1) is 0 Å². The van der Waals surface area contributed by atoms with Gasteiger partial charge in [-0.3, -0.25) is 9.10 Å². The zero-order chi connectivity index (χ0) is 20.9. The summed E-state index contributed by atoms with van der Waals surface area (Å²) in [5, 5.41) is 3.43. The highest BCUT2D eigenvalue weighted by molar-refractivity contribution is 7.92. The molecule has 1 atom stereocenters. The molecule has 0 aromatic heterocycles. The molecule has 0 heterocycles. The number of hydrogen-bond acceptors (Lipinski definition) is 3. The second kappa shape index (κ2) is 9.43. The number of carbonyl (C=O) groups is 1. The fraction of sp³-hybridized carbons (Fsp3) is 0.381. The number of sulfonamides is 1. The molecule has 2 rings (SSSR count). The predicted octanol–water partition coefficient (Wildman–Crippen LogP) is 4.38. The summed E-state index contributed by atoms with van der Waals surface area (Å²) in [5.74, 6) is -0.107. The van der Waals surface area contributed by atoms with Gasteiger partial charge in [0.15, 0.2) is 0 Å². The quantitative estimate of drug-likeness (QED) is 0.686. The van der Waals surface area contributed by atoms with Gasteiger partial charge in [0, 0.05) is 18.0 Å². The summed E-state index contributed by atoms with van der Waals surface area (Å²) >= 11 is 6.04. The maximum atomic E-state index is 12.3. The summed E-state index contributed by atoms with van der Waals surface area (Å²) < 4.78 is 25.8. The minimum atomic E-state index is -3.48. The van der Waals surface area contributed by atoms with E-state index in [9.17, 15) is 13.2 Å². The van der Waals surface area contributed by atoms with E-state index >= 15 is 0 Å². The maximum absolute atomic E-state index is 12.3. The van der Waals surface area contributed by atoms with Crippen LogP contribution in [0.4, 0.5) is 5.69 Å². The van der Waals surface area contributed by atoms with Crippen molar-refractivity contribution in [2.75, 3.05) is 17.1 Å². The number of nitrogens with zero attached hydrogens (tertiary/aromatic N) is 1. The fourth-order valence-corrected chi connectivity index (χ4v) is 4.13. The summed E-state index contributed by atoms with van der Waals surface area (Å²) in [6, 6.07) is 13.0. The van der Waals surface area contributed by atoms with Crippen LogP contribution in [0.25, 0.3) is 0 Å². The van der Waals surface area contributed by atoms with Crippen LogP contribution in [0.3, 0.4) is 0 Å². The van der Waals surface area contributed by atoms with Gasteiger partial charge in [0.2, 0.25) is 15.9 Å². The number of halogens is 1. The molecule has 28 heavy (non-hydrogen) atoms. The third-order valence-electron chi connectivity index (χ3n) is 4.56. The topological polar surface area (TPSA) is 66.5 Å². The SMILES string of the molecule is Cc1ccc([C@@H](C)NC(=O)CCCN(c2cc(Cl)ccc2C)S(C)(=O)=O)cc1. The Labute approximate surface area is 172 Å². The highest BCUT2D eigenvalue weighted by atomic mass is 35.5.